The standard InChI is InChI=1S/C29H46N2O/c1-2-3-4-5-6-7-8-9-10-11-12-13-14-15-16-19-25-30-29(32)31-28-24-20-22-26-21-17-18-23-27(26)28/h17-18,20-24H,2-16,19,25H2,1H3,(H2,30,31,32). The van der Waals surface area contributed by atoms with Gasteiger partial charge in [0.15, 0.2) is 0 Å². The Bertz CT molecular complexity index is 738. The molecule has 2 amide bonds. The lowest BCUT2D eigenvalue weighted by molar-refractivity contribution is 0.252. The zero-order chi connectivity index (χ0) is 22.7. The first-order valence-corrected chi connectivity index (χ1v) is 13.3. The van der Waals surface area contributed by atoms with Crippen LogP contribution in [0.1, 0.15) is 110 Å². The van der Waals surface area contributed by atoms with Crippen molar-refractivity contribution in [2.24, 2.45) is 0 Å². The molecule has 2 aromatic rings. The molecule has 0 aliphatic carbocycles. The van der Waals surface area contributed by atoms with Crippen LogP contribution < -0.4 is 10.6 Å². The maximum absolute atomic E-state index is 12.2. The number of hydrogen-bond donors (Lipinski definition) is 2. The van der Waals surface area contributed by atoms with Crippen LogP contribution in [0.5, 0.6) is 0 Å². The minimum Gasteiger partial charge on any atom is -0.338 e. The molecule has 0 aliphatic rings. The largest absolute Gasteiger partial charge is 0.338 e. The number of rotatable bonds is 18. The quantitative estimate of drug-likeness (QED) is 0.224. The van der Waals surface area contributed by atoms with Gasteiger partial charge in [0.2, 0.25) is 0 Å². The Hall–Kier alpha value is -2.03. The molecular formula is C29H46N2O. The Kier molecular flexibility index (Phi) is 14.4. The van der Waals surface area contributed by atoms with E-state index in [1.54, 1.807) is 0 Å². The molecule has 32 heavy (non-hydrogen) atoms. The molecule has 0 aromatic heterocycles. The van der Waals surface area contributed by atoms with Gasteiger partial charge in [0.25, 0.3) is 0 Å². The number of amides is 2. The number of fused-ring (bicyclic) bond motifs is 1. The van der Waals surface area contributed by atoms with Crippen LogP contribution in [0.25, 0.3) is 10.8 Å². The highest BCUT2D eigenvalue weighted by molar-refractivity contribution is 6.01. The van der Waals surface area contributed by atoms with Crippen molar-refractivity contribution in [3.63, 3.8) is 0 Å². The van der Waals surface area contributed by atoms with Gasteiger partial charge in [-0.15, -0.1) is 0 Å². The molecule has 0 radical (unpaired) electrons. The number of urea groups is 1. The molecule has 3 heteroatoms. The van der Waals surface area contributed by atoms with Crippen molar-refractivity contribution in [3.05, 3.63) is 42.5 Å². The molecule has 0 atom stereocenters. The Morgan fingerprint density at radius 2 is 1.12 bits per heavy atom. The molecule has 2 rings (SSSR count). The van der Waals surface area contributed by atoms with Crippen LogP contribution in [-0.2, 0) is 0 Å². The molecule has 0 fully saturated rings. The van der Waals surface area contributed by atoms with E-state index in [4.69, 9.17) is 0 Å². The summed E-state index contributed by atoms with van der Waals surface area (Å²) in [5.41, 5.74) is 0.868. The first kappa shape index (κ1) is 26.2. The Morgan fingerprint density at radius 1 is 0.625 bits per heavy atom. The van der Waals surface area contributed by atoms with Crippen LogP contribution in [0, 0.1) is 0 Å². The smallest absolute Gasteiger partial charge is 0.319 e. The Morgan fingerprint density at radius 3 is 1.72 bits per heavy atom. The normalized spacial score (nSPS) is 11.0. The van der Waals surface area contributed by atoms with Crippen LogP contribution in [-0.4, -0.2) is 12.6 Å². The summed E-state index contributed by atoms with van der Waals surface area (Å²) in [4.78, 5) is 12.2. The van der Waals surface area contributed by atoms with Crippen molar-refractivity contribution in [2.75, 3.05) is 11.9 Å². The second-order valence-corrected chi connectivity index (χ2v) is 9.21. The zero-order valence-corrected chi connectivity index (χ0v) is 20.5. The molecule has 2 aromatic carbocycles. The SMILES string of the molecule is CCCCCCCCCCCCCCCCCCNC(=O)Nc1cccc2ccccc12. The number of nitrogens with one attached hydrogen (secondary N) is 2. The summed E-state index contributed by atoms with van der Waals surface area (Å²) in [7, 11) is 0. The third kappa shape index (κ3) is 11.5. The number of carbonyl (C=O) groups excluding carboxylic acids is 1. The minimum absolute atomic E-state index is 0.109. The predicted molar refractivity (Wildman–Crippen MR) is 141 cm³/mol. The number of benzene rings is 2. The first-order valence-electron chi connectivity index (χ1n) is 13.3. The Balaban J connectivity index is 1.37. The third-order valence-electron chi connectivity index (χ3n) is 6.35. The third-order valence-corrected chi connectivity index (χ3v) is 6.35. The number of carbonyl (C=O) groups is 1. The van der Waals surface area contributed by atoms with Crippen molar-refractivity contribution >= 4 is 22.5 Å². The lowest BCUT2D eigenvalue weighted by atomic mass is 10.0. The van der Waals surface area contributed by atoms with Crippen LogP contribution in [0.2, 0.25) is 0 Å². The highest BCUT2D eigenvalue weighted by Gasteiger charge is 2.04. The summed E-state index contributed by atoms with van der Waals surface area (Å²) in [5, 5.41) is 8.20. The van der Waals surface area contributed by atoms with Gasteiger partial charge in [0, 0.05) is 11.9 Å². The number of unbranched alkanes of at least 4 members (excludes halogenated alkanes) is 15. The molecule has 0 unspecified atom stereocenters. The Labute approximate surface area is 196 Å². The molecule has 0 spiro atoms. The second kappa shape index (κ2) is 17.5. The second-order valence-electron chi connectivity index (χ2n) is 9.21. The molecule has 3 nitrogen and oxygen atoms in total. The lowest BCUT2D eigenvalue weighted by Crippen LogP contribution is -2.29. The summed E-state index contributed by atoms with van der Waals surface area (Å²) in [6, 6.07) is 14.0. The molecule has 178 valence electrons. The maximum atomic E-state index is 12.2. The average molecular weight is 439 g/mol. The fourth-order valence-corrected chi connectivity index (χ4v) is 4.38. The van der Waals surface area contributed by atoms with Crippen LogP contribution in [0.3, 0.4) is 0 Å². The molecule has 0 saturated heterocycles. The van der Waals surface area contributed by atoms with Crippen LogP contribution in [0.15, 0.2) is 42.5 Å². The van der Waals surface area contributed by atoms with Crippen molar-refractivity contribution in [2.45, 2.75) is 110 Å². The van der Waals surface area contributed by atoms with Gasteiger partial charge >= 0.3 is 6.03 Å². The number of anilines is 1. The van der Waals surface area contributed by atoms with E-state index in [0.29, 0.717) is 0 Å². The van der Waals surface area contributed by atoms with Gasteiger partial charge in [-0.05, 0) is 17.9 Å². The monoisotopic (exact) mass is 438 g/mol. The highest BCUT2D eigenvalue weighted by atomic mass is 16.2. The molecule has 0 saturated carbocycles. The molecule has 0 heterocycles. The zero-order valence-electron chi connectivity index (χ0n) is 20.5. The van der Waals surface area contributed by atoms with Crippen molar-refractivity contribution in [1.82, 2.24) is 5.32 Å². The first-order chi connectivity index (χ1) is 15.8. The topological polar surface area (TPSA) is 41.1 Å². The van der Waals surface area contributed by atoms with Crippen LogP contribution in [0.4, 0.5) is 10.5 Å². The molecular weight excluding hydrogens is 392 g/mol. The summed E-state index contributed by atoms with van der Waals surface area (Å²) >= 11 is 0. The van der Waals surface area contributed by atoms with Gasteiger partial charge in [-0.3, -0.25) is 0 Å². The van der Waals surface area contributed by atoms with E-state index in [1.165, 1.54) is 96.3 Å². The van der Waals surface area contributed by atoms with E-state index in [-0.39, 0.29) is 6.03 Å². The van der Waals surface area contributed by atoms with Gasteiger partial charge in [0.1, 0.15) is 0 Å². The van der Waals surface area contributed by atoms with Gasteiger partial charge in [0.05, 0.1) is 5.69 Å². The van der Waals surface area contributed by atoms with Gasteiger partial charge in [-0.1, -0.05) is 140 Å². The summed E-state index contributed by atoms with van der Waals surface area (Å²) < 4.78 is 0. The van der Waals surface area contributed by atoms with E-state index in [1.807, 2.05) is 30.3 Å². The van der Waals surface area contributed by atoms with E-state index in [2.05, 4.69) is 29.7 Å². The highest BCUT2D eigenvalue weighted by Crippen LogP contribution is 2.22. The summed E-state index contributed by atoms with van der Waals surface area (Å²) in [6.07, 6.45) is 21.9. The molecule has 2 N–H and O–H groups in total. The number of hydrogen-bond acceptors (Lipinski definition) is 1. The van der Waals surface area contributed by atoms with Crippen molar-refractivity contribution in [1.29, 1.82) is 0 Å². The van der Waals surface area contributed by atoms with E-state index >= 15 is 0 Å². The molecule has 0 bridgehead atoms. The van der Waals surface area contributed by atoms with Crippen molar-refractivity contribution < 1.29 is 4.79 Å². The van der Waals surface area contributed by atoms with E-state index in [9.17, 15) is 4.79 Å². The summed E-state index contributed by atoms with van der Waals surface area (Å²) in [6.45, 7) is 3.03. The lowest BCUT2D eigenvalue weighted by Gasteiger charge is -2.10. The average Bonchev–Trinajstić information content (AvgIpc) is 2.81. The fourth-order valence-electron chi connectivity index (χ4n) is 4.38. The maximum Gasteiger partial charge on any atom is 0.319 e. The predicted octanol–water partition coefficient (Wildman–Crippen LogP) is 9.22. The van der Waals surface area contributed by atoms with Crippen molar-refractivity contribution in [3.8, 4) is 0 Å². The van der Waals surface area contributed by atoms with Gasteiger partial charge in [-0.2, -0.15) is 0 Å². The van der Waals surface area contributed by atoms with E-state index in [0.717, 1.165) is 29.4 Å². The fraction of sp³-hybridized carbons (Fsp3) is 0.621. The van der Waals surface area contributed by atoms with Gasteiger partial charge < -0.3 is 10.6 Å². The minimum atomic E-state index is -0.109. The van der Waals surface area contributed by atoms with Crippen LogP contribution >= 0.6 is 0 Å². The van der Waals surface area contributed by atoms with Gasteiger partial charge in [-0.25, -0.2) is 4.79 Å². The summed E-state index contributed by atoms with van der Waals surface area (Å²) in [5.74, 6) is 0. The van der Waals surface area contributed by atoms with E-state index < -0.39 is 0 Å². The molecule has 0 aliphatic heterocycles.